The molecule has 1 unspecified atom stereocenters. The van der Waals surface area contributed by atoms with Crippen molar-refractivity contribution in [3.05, 3.63) is 111 Å². The molecule has 4 aromatic rings. The van der Waals surface area contributed by atoms with Crippen molar-refractivity contribution in [2.75, 3.05) is 13.7 Å². The van der Waals surface area contributed by atoms with Gasteiger partial charge in [0.2, 0.25) is 0 Å². The van der Waals surface area contributed by atoms with Gasteiger partial charge in [0.25, 0.3) is 11.6 Å². The number of esters is 1. The van der Waals surface area contributed by atoms with Crippen molar-refractivity contribution in [1.82, 2.24) is 10.3 Å². The van der Waals surface area contributed by atoms with Gasteiger partial charge in [-0.15, -0.1) is 0 Å². The van der Waals surface area contributed by atoms with Crippen molar-refractivity contribution >= 4 is 28.5 Å². The maximum Gasteiger partial charge on any atom is 0.338 e. The van der Waals surface area contributed by atoms with Crippen LogP contribution in [0.2, 0.25) is 0 Å². The quantitative estimate of drug-likeness (QED) is 0.249. The number of nitro groups is 1. The highest BCUT2D eigenvalue weighted by Gasteiger charge is 2.22. The molecule has 8 heteroatoms. The fraction of sp³-hybridized carbons (Fsp3) is 0.120. The van der Waals surface area contributed by atoms with Gasteiger partial charge < -0.3 is 15.0 Å². The SMILES string of the molecule is COC(=O)c1cc(C(=O)NCC(c2ccccc2)c2c[nH]c3ccccc23)cc([N+](=O)[O-])c1. The molecule has 2 N–H and O–H groups in total. The maximum absolute atomic E-state index is 13.0. The number of aromatic nitrogens is 1. The van der Waals surface area contributed by atoms with E-state index in [1.54, 1.807) is 0 Å². The van der Waals surface area contributed by atoms with Gasteiger partial charge in [-0.05, 0) is 23.3 Å². The van der Waals surface area contributed by atoms with Gasteiger partial charge in [-0.3, -0.25) is 14.9 Å². The molecule has 0 saturated carbocycles. The molecular weight excluding hydrogens is 422 g/mol. The monoisotopic (exact) mass is 443 g/mol. The number of methoxy groups -OCH3 is 1. The molecule has 1 atom stereocenters. The Hall–Kier alpha value is -4.46. The van der Waals surface area contributed by atoms with Crippen LogP contribution in [0.4, 0.5) is 5.69 Å². The van der Waals surface area contributed by atoms with Gasteiger partial charge in [-0.25, -0.2) is 4.79 Å². The number of rotatable bonds is 7. The van der Waals surface area contributed by atoms with Gasteiger partial charge in [0.15, 0.2) is 0 Å². The first kappa shape index (κ1) is 21.8. The number of benzene rings is 3. The summed E-state index contributed by atoms with van der Waals surface area (Å²) in [6.45, 7) is 0.251. The molecule has 0 fully saturated rings. The summed E-state index contributed by atoms with van der Waals surface area (Å²) < 4.78 is 4.65. The molecule has 0 aliphatic heterocycles. The Morgan fingerprint density at radius 2 is 1.73 bits per heavy atom. The fourth-order valence-corrected chi connectivity index (χ4v) is 3.86. The van der Waals surface area contributed by atoms with Crippen LogP contribution < -0.4 is 5.32 Å². The van der Waals surface area contributed by atoms with E-state index in [2.05, 4.69) is 15.0 Å². The number of H-pyrrole nitrogens is 1. The maximum atomic E-state index is 13.0. The summed E-state index contributed by atoms with van der Waals surface area (Å²) >= 11 is 0. The molecule has 8 nitrogen and oxygen atoms in total. The van der Waals surface area contributed by atoms with Crippen LogP contribution >= 0.6 is 0 Å². The van der Waals surface area contributed by atoms with Crippen molar-refractivity contribution in [2.45, 2.75) is 5.92 Å². The first-order chi connectivity index (χ1) is 16.0. The van der Waals surface area contributed by atoms with E-state index in [0.29, 0.717) is 0 Å². The molecule has 166 valence electrons. The third-order valence-corrected chi connectivity index (χ3v) is 5.48. The lowest BCUT2D eigenvalue weighted by Gasteiger charge is -2.18. The number of nitrogens with zero attached hydrogens (tertiary/aromatic N) is 1. The Labute approximate surface area is 189 Å². The van der Waals surface area contributed by atoms with Crippen molar-refractivity contribution in [3.8, 4) is 0 Å². The number of para-hydroxylation sites is 1. The van der Waals surface area contributed by atoms with Crippen LogP contribution in [0, 0.1) is 10.1 Å². The summed E-state index contributed by atoms with van der Waals surface area (Å²) in [5.41, 5.74) is 2.60. The predicted molar refractivity (Wildman–Crippen MR) is 123 cm³/mol. The smallest absolute Gasteiger partial charge is 0.338 e. The second-order valence-electron chi connectivity index (χ2n) is 7.48. The lowest BCUT2D eigenvalue weighted by Crippen LogP contribution is -2.29. The van der Waals surface area contributed by atoms with E-state index in [9.17, 15) is 19.7 Å². The molecule has 33 heavy (non-hydrogen) atoms. The third kappa shape index (κ3) is 4.59. The Kier molecular flexibility index (Phi) is 6.17. The Morgan fingerprint density at radius 1 is 1.03 bits per heavy atom. The number of ether oxygens (including phenoxy) is 1. The molecule has 1 amide bonds. The lowest BCUT2D eigenvalue weighted by atomic mass is 9.91. The molecule has 0 bridgehead atoms. The van der Waals surface area contributed by atoms with Crippen molar-refractivity contribution < 1.29 is 19.2 Å². The van der Waals surface area contributed by atoms with Crippen LogP contribution in [0.25, 0.3) is 10.9 Å². The van der Waals surface area contributed by atoms with Crippen molar-refractivity contribution in [2.24, 2.45) is 0 Å². The molecule has 0 spiro atoms. The highest BCUT2D eigenvalue weighted by molar-refractivity contribution is 5.99. The molecule has 0 saturated heterocycles. The first-order valence-corrected chi connectivity index (χ1v) is 10.2. The highest BCUT2D eigenvalue weighted by Crippen LogP contribution is 2.30. The number of hydrogen-bond donors (Lipinski definition) is 2. The van der Waals surface area contributed by atoms with Gasteiger partial charge in [0.05, 0.1) is 17.6 Å². The van der Waals surface area contributed by atoms with E-state index in [4.69, 9.17) is 0 Å². The van der Waals surface area contributed by atoms with E-state index >= 15 is 0 Å². The number of fused-ring (bicyclic) bond motifs is 1. The minimum Gasteiger partial charge on any atom is -0.465 e. The number of nitrogens with one attached hydrogen (secondary N) is 2. The molecule has 1 aromatic heterocycles. The van der Waals surface area contributed by atoms with E-state index in [1.165, 1.54) is 13.2 Å². The second-order valence-corrected chi connectivity index (χ2v) is 7.48. The van der Waals surface area contributed by atoms with Crippen LogP contribution in [0.1, 0.15) is 37.8 Å². The molecule has 0 aliphatic rings. The van der Waals surface area contributed by atoms with Gasteiger partial charge in [0, 0.05) is 47.3 Å². The average molecular weight is 443 g/mol. The number of aromatic amines is 1. The lowest BCUT2D eigenvalue weighted by molar-refractivity contribution is -0.384. The number of carbonyl (C=O) groups is 2. The van der Waals surface area contributed by atoms with Crippen molar-refractivity contribution in [3.63, 3.8) is 0 Å². The summed E-state index contributed by atoms with van der Waals surface area (Å²) in [6.07, 6.45) is 1.93. The minimum atomic E-state index is -0.756. The van der Waals surface area contributed by atoms with Crippen molar-refractivity contribution in [1.29, 1.82) is 0 Å². The summed E-state index contributed by atoms with van der Waals surface area (Å²) in [5.74, 6) is -1.44. The number of carbonyl (C=O) groups excluding carboxylic acids is 2. The number of nitro benzene ring substituents is 1. The molecule has 3 aromatic carbocycles. The molecule has 0 aliphatic carbocycles. The molecular formula is C25H21N3O5. The first-order valence-electron chi connectivity index (χ1n) is 10.2. The Bertz CT molecular complexity index is 1330. The summed E-state index contributed by atoms with van der Waals surface area (Å²) in [6, 6.07) is 21.2. The number of amides is 1. The summed E-state index contributed by atoms with van der Waals surface area (Å²) in [7, 11) is 1.17. The normalized spacial score (nSPS) is 11.7. The standard InChI is InChI=1S/C25H21N3O5/c1-33-25(30)18-11-17(12-19(13-18)28(31)32)24(29)27-14-21(16-7-3-2-4-8-16)22-15-26-23-10-6-5-9-20(22)23/h2-13,15,21,26H,14H2,1H3,(H,27,29). The molecule has 1 heterocycles. The zero-order valence-corrected chi connectivity index (χ0v) is 17.8. The Balaban J connectivity index is 1.65. The van der Waals surface area contributed by atoms with E-state index in [-0.39, 0.29) is 29.3 Å². The van der Waals surface area contributed by atoms with Gasteiger partial charge in [-0.1, -0.05) is 48.5 Å². The molecule has 0 radical (unpaired) electrons. The van der Waals surface area contributed by atoms with E-state index in [1.807, 2.05) is 60.8 Å². The largest absolute Gasteiger partial charge is 0.465 e. The van der Waals surface area contributed by atoms with E-state index in [0.717, 1.165) is 34.2 Å². The zero-order chi connectivity index (χ0) is 23.4. The van der Waals surface area contributed by atoms with Crippen LogP contribution in [-0.2, 0) is 4.74 Å². The summed E-state index contributed by atoms with van der Waals surface area (Å²) in [5, 5.41) is 15.2. The minimum absolute atomic E-state index is 0.00957. The highest BCUT2D eigenvalue weighted by atomic mass is 16.6. The van der Waals surface area contributed by atoms with Crippen LogP contribution in [0.3, 0.4) is 0 Å². The predicted octanol–water partition coefficient (Wildman–Crippen LogP) is 4.42. The van der Waals surface area contributed by atoms with Gasteiger partial charge in [0.1, 0.15) is 0 Å². The van der Waals surface area contributed by atoms with Gasteiger partial charge in [-0.2, -0.15) is 0 Å². The van der Waals surface area contributed by atoms with Crippen LogP contribution in [0.15, 0.2) is 79.0 Å². The number of non-ortho nitro benzene ring substituents is 1. The van der Waals surface area contributed by atoms with E-state index < -0.39 is 16.8 Å². The molecule has 4 rings (SSSR count). The Morgan fingerprint density at radius 3 is 2.45 bits per heavy atom. The summed E-state index contributed by atoms with van der Waals surface area (Å²) in [4.78, 5) is 38.8. The zero-order valence-electron chi connectivity index (χ0n) is 17.8. The number of hydrogen-bond acceptors (Lipinski definition) is 5. The second kappa shape index (κ2) is 9.35. The topological polar surface area (TPSA) is 114 Å². The fourth-order valence-electron chi connectivity index (χ4n) is 3.86. The van der Waals surface area contributed by atoms with Crippen LogP contribution in [-0.4, -0.2) is 35.4 Å². The third-order valence-electron chi connectivity index (χ3n) is 5.48. The van der Waals surface area contributed by atoms with Gasteiger partial charge >= 0.3 is 5.97 Å². The average Bonchev–Trinajstić information content (AvgIpc) is 3.28. The van der Waals surface area contributed by atoms with Crippen LogP contribution in [0.5, 0.6) is 0 Å².